The van der Waals surface area contributed by atoms with Gasteiger partial charge >= 0.3 is 0 Å². The second-order valence-corrected chi connectivity index (χ2v) is 4.97. The van der Waals surface area contributed by atoms with E-state index in [0.29, 0.717) is 10.0 Å². The molecule has 0 aromatic heterocycles. The molecule has 1 saturated heterocycles. The summed E-state index contributed by atoms with van der Waals surface area (Å²) in [6.45, 7) is 2.98. The Balaban J connectivity index is 0.00000162. The van der Waals surface area contributed by atoms with Crippen molar-refractivity contribution in [3.05, 3.63) is 33.8 Å². The summed E-state index contributed by atoms with van der Waals surface area (Å²) in [6, 6.07) is 4.92. The van der Waals surface area contributed by atoms with Crippen molar-refractivity contribution in [3.8, 4) is 0 Å². The summed E-state index contributed by atoms with van der Waals surface area (Å²) in [4.78, 5) is 2.11. The van der Waals surface area contributed by atoms with E-state index in [1.807, 2.05) is 0 Å². The molecule has 0 spiro atoms. The van der Waals surface area contributed by atoms with Gasteiger partial charge in [-0.05, 0) is 23.8 Å². The van der Waals surface area contributed by atoms with Crippen LogP contribution in [0.1, 0.15) is 11.6 Å². The van der Waals surface area contributed by atoms with E-state index in [1.54, 1.807) is 18.2 Å². The lowest BCUT2D eigenvalue weighted by atomic mass is 10.1. The molecular formula is C12H17Cl4FN2. The lowest BCUT2D eigenvalue weighted by molar-refractivity contribution is 0.147. The fraction of sp³-hybridized carbons (Fsp3) is 0.500. The third kappa shape index (κ3) is 4.92. The highest BCUT2D eigenvalue weighted by molar-refractivity contribution is 6.33. The number of halogens is 5. The normalized spacial score (nSPS) is 17.2. The molecule has 1 aliphatic heterocycles. The summed E-state index contributed by atoms with van der Waals surface area (Å²) in [7, 11) is 0. The number of nitrogens with zero attached hydrogens (tertiary/aromatic N) is 1. The van der Waals surface area contributed by atoms with Crippen LogP contribution in [0.5, 0.6) is 0 Å². The van der Waals surface area contributed by atoms with Crippen LogP contribution in [0.15, 0.2) is 18.2 Å². The average molecular weight is 350 g/mol. The molecule has 0 saturated carbocycles. The van der Waals surface area contributed by atoms with E-state index in [1.165, 1.54) is 0 Å². The first kappa shape index (κ1) is 19.2. The van der Waals surface area contributed by atoms with Gasteiger partial charge in [-0.1, -0.05) is 23.2 Å². The number of hydrogen-bond donors (Lipinski definition) is 1. The van der Waals surface area contributed by atoms with Gasteiger partial charge in [0.15, 0.2) is 0 Å². The SMILES string of the molecule is Cl.Cl.FC[C@@H](c1cc(Cl)ccc1Cl)N1CCNCC1. The monoisotopic (exact) mass is 348 g/mol. The lowest BCUT2D eigenvalue weighted by Gasteiger charge is -2.34. The number of alkyl halides is 1. The minimum Gasteiger partial charge on any atom is -0.314 e. The summed E-state index contributed by atoms with van der Waals surface area (Å²) < 4.78 is 13.3. The van der Waals surface area contributed by atoms with Gasteiger partial charge in [-0.25, -0.2) is 4.39 Å². The Bertz CT molecular complexity index is 386. The van der Waals surface area contributed by atoms with E-state index in [0.717, 1.165) is 31.7 Å². The quantitative estimate of drug-likeness (QED) is 0.893. The molecule has 1 aromatic carbocycles. The Labute approximate surface area is 135 Å². The van der Waals surface area contributed by atoms with Crippen molar-refractivity contribution in [3.63, 3.8) is 0 Å². The second kappa shape index (κ2) is 9.22. The zero-order valence-electron chi connectivity index (χ0n) is 10.2. The third-order valence-corrected chi connectivity index (χ3v) is 3.63. The summed E-state index contributed by atoms with van der Waals surface area (Å²) in [5.74, 6) is 0. The minimum absolute atomic E-state index is 0. The molecule has 0 radical (unpaired) electrons. The molecule has 0 aliphatic carbocycles. The zero-order valence-corrected chi connectivity index (χ0v) is 13.4. The topological polar surface area (TPSA) is 15.3 Å². The Kier molecular flexibility index (Phi) is 9.33. The molecule has 1 N–H and O–H groups in total. The molecular weight excluding hydrogens is 333 g/mol. The molecule has 2 nitrogen and oxygen atoms in total. The van der Waals surface area contributed by atoms with Gasteiger partial charge in [0.05, 0.1) is 6.04 Å². The molecule has 1 heterocycles. The van der Waals surface area contributed by atoms with Crippen molar-refractivity contribution in [2.45, 2.75) is 6.04 Å². The van der Waals surface area contributed by atoms with E-state index < -0.39 is 6.67 Å². The van der Waals surface area contributed by atoms with Gasteiger partial charge in [-0.15, -0.1) is 24.8 Å². The van der Waals surface area contributed by atoms with Crippen molar-refractivity contribution >= 4 is 48.0 Å². The van der Waals surface area contributed by atoms with Gasteiger partial charge in [0, 0.05) is 36.2 Å². The number of piperazine rings is 1. The first-order chi connectivity index (χ1) is 8.22. The van der Waals surface area contributed by atoms with Crippen molar-refractivity contribution in [1.29, 1.82) is 0 Å². The van der Waals surface area contributed by atoms with Gasteiger partial charge in [0.25, 0.3) is 0 Å². The maximum absolute atomic E-state index is 13.3. The van der Waals surface area contributed by atoms with E-state index in [-0.39, 0.29) is 30.9 Å². The molecule has 1 aromatic rings. The smallest absolute Gasteiger partial charge is 0.109 e. The second-order valence-electron chi connectivity index (χ2n) is 4.12. The summed E-state index contributed by atoms with van der Waals surface area (Å²) >= 11 is 12.1. The minimum atomic E-state index is -0.444. The van der Waals surface area contributed by atoms with Crippen LogP contribution in [0, 0.1) is 0 Å². The van der Waals surface area contributed by atoms with Gasteiger partial charge in [-0.3, -0.25) is 4.90 Å². The number of rotatable bonds is 3. The van der Waals surface area contributed by atoms with Gasteiger partial charge in [-0.2, -0.15) is 0 Å². The summed E-state index contributed by atoms with van der Waals surface area (Å²) in [5, 5.41) is 4.42. The first-order valence-electron chi connectivity index (χ1n) is 5.68. The van der Waals surface area contributed by atoms with Crippen LogP contribution in [-0.2, 0) is 0 Å². The van der Waals surface area contributed by atoms with Crippen molar-refractivity contribution in [2.24, 2.45) is 0 Å². The van der Waals surface area contributed by atoms with Gasteiger partial charge < -0.3 is 5.32 Å². The van der Waals surface area contributed by atoms with Crippen LogP contribution in [0.3, 0.4) is 0 Å². The number of nitrogens with one attached hydrogen (secondary N) is 1. The molecule has 0 unspecified atom stereocenters. The molecule has 0 bridgehead atoms. The summed E-state index contributed by atoms with van der Waals surface area (Å²) in [5.41, 5.74) is 0.781. The van der Waals surface area contributed by atoms with Gasteiger partial charge in [0.2, 0.25) is 0 Å². The zero-order chi connectivity index (χ0) is 12.3. The van der Waals surface area contributed by atoms with Gasteiger partial charge in [0.1, 0.15) is 6.67 Å². The van der Waals surface area contributed by atoms with Crippen molar-refractivity contribution in [2.75, 3.05) is 32.9 Å². The van der Waals surface area contributed by atoms with E-state index in [2.05, 4.69) is 10.2 Å². The highest BCUT2D eigenvalue weighted by atomic mass is 35.5. The Morgan fingerprint density at radius 3 is 2.42 bits per heavy atom. The first-order valence-corrected chi connectivity index (χ1v) is 6.43. The van der Waals surface area contributed by atoms with Crippen LogP contribution in [-0.4, -0.2) is 37.8 Å². The molecule has 110 valence electrons. The fourth-order valence-electron chi connectivity index (χ4n) is 2.14. The maximum Gasteiger partial charge on any atom is 0.109 e. The molecule has 1 fully saturated rings. The van der Waals surface area contributed by atoms with E-state index in [4.69, 9.17) is 23.2 Å². The molecule has 1 atom stereocenters. The van der Waals surface area contributed by atoms with Crippen molar-refractivity contribution < 1.29 is 4.39 Å². The average Bonchev–Trinajstić information content (AvgIpc) is 2.36. The highest BCUT2D eigenvalue weighted by Crippen LogP contribution is 2.30. The standard InChI is InChI=1S/C12H15Cl2FN2.2ClH/c13-9-1-2-11(14)10(7-9)12(8-15)17-5-3-16-4-6-17;;/h1-2,7,12,16H,3-6,8H2;2*1H/t12-;;/m0../s1. The Morgan fingerprint density at radius 2 is 1.84 bits per heavy atom. The Morgan fingerprint density at radius 1 is 1.21 bits per heavy atom. The molecule has 2 rings (SSSR count). The largest absolute Gasteiger partial charge is 0.314 e. The fourth-order valence-corrected chi connectivity index (χ4v) is 2.57. The van der Waals surface area contributed by atoms with Crippen LogP contribution < -0.4 is 5.32 Å². The number of benzene rings is 1. The lowest BCUT2D eigenvalue weighted by Crippen LogP contribution is -2.45. The predicted molar refractivity (Wildman–Crippen MR) is 84.1 cm³/mol. The molecule has 7 heteroatoms. The third-order valence-electron chi connectivity index (χ3n) is 3.06. The van der Waals surface area contributed by atoms with Crippen molar-refractivity contribution in [1.82, 2.24) is 10.2 Å². The predicted octanol–water partition coefficient (Wildman–Crippen LogP) is 3.75. The molecule has 19 heavy (non-hydrogen) atoms. The van der Waals surface area contributed by atoms with Crippen LogP contribution in [0.4, 0.5) is 4.39 Å². The molecule has 0 amide bonds. The van der Waals surface area contributed by atoms with Crippen LogP contribution in [0.2, 0.25) is 10.0 Å². The van der Waals surface area contributed by atoms with Crippen LogP contribution in [0.25, 0.3) is 0 Å². The van der Waals surface area contributed by atoms with E-state index >= 15 is 0 Å². The number of hydrogen-bond acceptors (Lipinski definition) is 2. The highest BCUT2D eigenvalue weighted by Gasteiger charge is 2.24. The Hall–Kier alpha value is 0.230. The van der Waals surface area contributed by atoms with Crippen LogP contribution >= 0.6 is 48.0 Å². The summed E-state index contributed by atoms with van der Waals surface area (Å²) in [6.07, 6.45) is 0. The van der Waals surface area contributed by atoms with E-state index in [9.17, 15) is 4.39 Å². The molecule has 1 aliphatic rings. The maximum atomic E-state index is 13.3.